The highest BCUT2D eigenvalue weighted by Crippen LogP contribution is 2.23. The van der Waals surface area contributed by atoms with Crippen molar-refractivity contribution in [3.8, 4) is 0 Å². The standard InChI is InChI=1S/C18H23N3O4S/c1-13(22)6-9-20-26(24,25)16-5-4-15-12-21(10-7-14(15)11-16)18(23)17-3-2-8-19-17/h2-5,8,11,13,19-20,22H,6-7,9-10,12H2,1H3/t13-/m0/s1. The summed E-state index contributed by atoms with van der Waals surface area (Å²) in [6, 6.07) is 8.54. The van der Waals surface area contributed by atoms with Gasteiger partial charge in [0, 0.05) is 25.8 Å². The number of aromatic amines is 1. The number of aliphatic hydroxyl groups excluding tert-OH is 1. The molecule has 26 heavy (non-hydrogen) atoms. The van der Waals surface area contributed by atoms with Gasteiger partial charge in [-0.1, -0.05) is 6.07 Å². The second kappa shape index (κ2) is 7.61. The molecule has 1 aliphatic rings. The number of sulfonamides is 1. The first-order valence-electron chi connectivity index (χ1n) is 8.59. The topological polar surface area (TPSA) is 102 Å². The van der Waals surface area contributed by atoms with Gasteiger partial charge in [0.15, 0.2) is 0 Å². The zero-order valence-electron chi connectivity index (χ0n) is 14.6. The van der Waals surface area contributed by atoms with E-state index in [1.54, 1.807) is 48.4 Å². The van der Waals surface area contributed by atoms with Crippen molar-refractivity contribution in [2.45, 2.75) is 37.3 Å². The maximum Gasteiger partial charge on any atom is 0.270 e. The zero-order valence-corrected chi connectivity index (χ0v) is 15.4. The van der Waals surface area contributed by atoms with Crippen LogP contribution < -0.4 is 4.72 Å². The number of aliphatic hydroxyl groups is 1. The van der Waals surface area contributed by atoms with E-state index in [2.05, 4.69) is 9.71 Å². The molecule has 0 bridgehead atoms. The number of hydrogen-bond donors (Lipinski definition) is 3. The summed E-state index contributed by atoms with van der Waals surface area (Å²) in [6.07, 6.45) is 2.13. The number of hydrogen-bond acceptors (Lipinski definition) is 4. The molecule has 2 aromatic rings. The lowest BCUT2D eigenvalue weighted by atomic mass is 9.99. The Labute approximate surface area is 153 Å². The van der Waals surface area contributed by atoms with E-state index in [0.29, 0.717) is 31.6 Å². The number of nitrogens with zero attached hydrogens (tertiary/aromatic N) is 1. The van der Waals surface area contributed by atoms with E-state index >= 15 is 0 Å². The van der Waals surface area contributed by atoms with Crippen molar-refractivity contribution in [1.82, 2.24) is 14.6 Å². The summed E-state index contributed by atoms with van der Waals surface area (Å²) in [7, 11) is -3.60. The van der Waals surface area contributed by atoms with Crippen LogP contribution in [0, 0.1) is 0 Å². The quantitative estimate of drug-likeness (QED) is 0.705. The molecule has 1 aromatic carbocycles. The Balaban J connectivity index is 1.71. The highest BCUT2D eigenvalue weighted by atomic mass is 32.2. The number of benzene rings is 1. The van der Waals surface area contributed by atoms with Crippen molar-refractivity contribution in [1.29, 1.82) is 0 Å². The Bertz CT molecular complexity index is 876. The maximum atomic E-state index is 12.4. The number of H-pyrrole nitrogens is 1. The van der Waals surface area contributed by atoms with Gasteiger partial charge < -0.3 is 15.0 Å². The Morgan fingerprint density at radius 2 is 2.15 bits per heavy atom. The number of aromatic nitrogens is 1. The van der Waals surface area contributed by atoms with E-state index in [-0.39, 0.29) is 17.3 Å². The number of carbonyl (C=O) groups is 1. The summed E-state index contributed by atoms with van der Waals surface area (Å²) in [5, 5.41) is 9.25. The molecule has 0 radical (unpaired) electrons. The molecule has 0 fully saturated rings. The summed E-state index contributed by atoms with van der Waals surface area (Å²) < 4.78 is 27.2. The summed E-state index contributed by atoms with van der Waals surface area (Å²) in [4.78, 5) is 17.3. The molecular weight excluding hydrogens is 354 g/mol. The molecule has 0 saturated carbocycles. The lowest BCUT2D eigenvalue weighted by Gasteiger charge is -2.29. The monoisotopic (exact) mass is 377 g/mol. The molecule has 3 rings (SSSR count). The van der Waals surface area contributed by atoms with E-state index in [4.69, 9.17) is 0 Å². The fourth-order valence-corrected chi connectivity index (χ4v) is 4.09. The Hall–Kier alpha value is -2.16. The van der Waals surface area contributed by atoms with Crippen LogP contribution in [0.4, 0.5) is 0 Å². The molecule has 8 heteroatoms. The molecule has 0 aliphatic carbocycles. The number of fused-ring (bicyclic) bond motifs is 1. The van der Waals surface area contributed by atoms with Crippen LogP contribution >= 0.6 is 0 Å². The smallest absolute Gasteiger partial charge is 0.270 e. The van der Waals surface area contributed by atoms with Crippen molar-refractivity contribution in [2.75, 3.05) is 13.1 Å². The van der Waals surface area contributed by atoms with Crippen LogP contribution in [0.25, 0.3) is 0 Å². The van der Waals surface area contributed by atoms with Crippen LogP contribution in [0.1, 0.15) is 35.0 Å². The van der Waals surface area contributed by atoms with Crippen molar-refractivity contribution in [2.24, 2.45) is 0 Å². The zero-order chi connectivity index (χ0) is 18.7. The normalized spacial score (nSPS) is 15.5. The first-order valence-corrected chi connectivity index (χ1v) is 10.1. The van der Waals surface area contributed by atoms with Gasteiger partial charge in [-0.15, -0.1) is 0 Å². The molecule has 7 nitrogen and oxygen atoms in total. The average Bonchev–Trinajstić information content (AvgIpc) is 3.14. The summed E-state index contributed by atoms with van der Waals surface area (Å²) in [5.41, 5.74) is 2.45. The van der Waals surface area contributed by atoms with Gasteiger partial charge >= 0.3 is 0 Å². The van der Waals surface area contributed by atoms with E-state index in [1.165, 1.54) is 0 Å². The van der Waals surface area contributed by atoms with Crippen molar-refractivity contribution >= 4 is 15.9 Å². The summed E-state index contributed by atoms with van der Waals surface area (Å²) in [5.74, 6) is -0.0582. The van der Waals surface area contributed by atoms with Gasteiger partial charge in [-0.3, -0.25) is 4.79 Å². The molecule has 1 aromatic heterocycles. The largest absolute Gasteiger partial charge is 0.393 e. The lowest BCUT2D eigenvalue weighted by Crippen LogP contribution is -2.36. The van der Waals surface area contributed by atoms with Crippen molar-refractivity contribution in [3.05, 3.63) is 53.3 Å². The highest BCUT2D eigenvalue weighted by Gasteiger charge is 2.24. The number of amides is 1. The third-order valence-corrected chi connectivity index (χ3v) is 5.93. The lowest BCUT2D eigenvalue weighted by molar-refractivity contribution is 0.0729. The first kappa shape index (κ1) is 18.6. The van der Waals surface area contributed by atoms with Gasteiger partial charge in [0.2, 0.25) is 10.0 Å². The molecule has 0 spiro atoms. The van der Waals surface area contributed by atoms with Gasteiger partial charge in [0.25, 0.3) is 5.91 Å². The predicted molar refractivity (Wildman–Crippen MR) is 97.2 cm³/mol. The van der Waals surface area contributed by atoms with Crippen LogP contribution in [0.3, 0.4) is 0 Å². The van der Waals surface area contributed by atoms with E-state index in [0.717, 1.165) is 11.1 Å². The molecule has 0 unspecified atom stereocenters. The Kier molecular flexibility index (Phi) is 5.45. The molecule has 3 N–H and O–H groups in total. The maximum absolute atomic E-state index is 12.4. The van der Waals surface area contributed by atoms with Crippen LogP contribution in [-0.2, 0) is 23.0 Å². The van der Waals surface area contributed by atoms with E-state index < -0.39 is 16.1 Å². The third-order valence-electron chi connectivity index (χ3n) is 4.47. The minimum atomic E-state index is -3.60. The number of rotatable bonds is 6. The van der Waals surface area contributed by atoms with Gasteiger partial charge in [-0.2, -0.15) is 0 Å². The molecular formula is C18H23N3O4S. The fourth-order valence-electron chi connectivity index (χ4n) is 2.99. The second-order valence-corrected chi connectivity index (χ2v) is 8.29. The van der Waals surface area contributed by atoms with Gasteiger partial charge in [-0.05, 0) is 55.2 Å². The van der Waals surface area contributed by atoms with Crippen LogP contribution in [0.15, 0.2) is 41.4 Å². The second-order valence-electron chi connectivity index (χ2n) is 6.53. The first-order chi connectivity index (χ1) is 12.4. The molecule has 0 saturated heterocycles. The van der Waals surface area contributed by atoms with Crippen molar-refractivity contribution < 1.29 is 18.3 Å². The minimum absolute atomic E-state index is 0.0582. The highest BCUT2D eigenvalue weighted by molar-refractivity contribution is 7.89. The molecule has 1 aliphatic heterocycles. The number of carbonyl (C=O) groups excluding carboxylic acids is 1. The molecule has 1 atom stereocenters. The van der Waals surface area contributed by atoms with Crippen LogP contribution in [-0.4, -0.2) is 48.5 Å². The van der Waals surface area contributed by atoms with E-state index in [9.17, 15) is 18.3 Å². The van der Waals surface area contributed by atoms with E-state index in [1.807, 2.05) is 0 Å². The van der Waals surface area contributed by atoms with Crippen LogP contribution in [0.5, 0.6) is 0 Å². The number of nitrogens with one attached hydrogen (secondary N) is 2. The third kappa shape index (κ3) is 4.14. The fraction of sp³-hybridized carbons (Fsp3) is 0.389. The Morgan fingerprint density at radius 1 is 1.35 bits per heavy atom. The van der Waals surface area contributed by atoms with Gasteiger partial charge in [0.05, 0.1) is 11.0 Å². The summed E-state index contributed by atoms with van der Waals surface area (Å²) in [6.45, 7) is 2.82. The Morgan fingerprint density at radius 3 is 2.85 bits per heavy atom. The minimum Gasteiger partial charge on any atom is -0.393 e. The summed E-state index contributed by atoms with van der Waals surface area (Å²) >= 11 is 0. The van der Waals surface area contributed by atoms with Gasteiger partial charge in [0.1, 0.15) is 5.69 Å². The predicted octanol–water partition coefficient (Wildman–Crippen LogP) is 1.26. The van der Waals surface area contributed by atoms with Gasteiger partial charge in [-0.25, -0.2) is 13.1 Å². The van der Waals surface area contributed by atoms with Crippen molar-refractivity contribution in [3.63, 3.8) is 0 Å². The molecule has 2 heterocycles. The molecule has 1 amide bonds. The average molecular weight is 377 g/mol. The molecule has 140 valence electrons. The SMILES string of the molecule is C[C@H](O)CCNS(=O)(=O)c1ccc2c(c1)CCN(C(=O)c1ccc[nH]1)C2. The van der Waals surface area contributed by atoms with Crippen LogP contribution in [0.2, 0.25) is 0 Å².